The molecule has 0 N–H and O–H groups in total. The van der Waals surface area contributed by atoms with Gasteiger partial charge in [0.15, 0.2) is 11.5 Å². The average molecular weight is 315 g/mol. The van der Waals surface area contributed by atoms with Crippen LogP contribution in [0.3, 0.4) is 0 Å². The Hall–Kier alpha value is -2.40. The zero-order valence-electron chi connectivity index (χ0n) is 13.5. The van der Waals surface area contributed by atoms with Crippen LogP contribution in [0.25, 0.3) is 0 Å². The van der Waals surface area contributed by atoms with Gasteiger partial charge in [0.1, 0.15) is 11.5 Å². The lowest BCUT2D eigenvalue weighted by Crippen LogP contribution is -2.36. The molecule has 1 aliphatic heterocycles. The summed E-state index contributed by atoms with van der Waals surface area (Å²) in [6.45, 7) is 3.42. The number of nitrogens with zero attached hydrogens (tertiary/aromatic N) is 1. The molecule has 122 valence electrons. The highest BCUT2D eigenvalue weighted by molar-refractivity contribution is 5.51. The Kier molecular flexibility index (Phi) is 4.88. The molecule has 0 radical (unpaired) electrons. The lowest BCUT2D eigenvalue weighted by Gasteiger charge is -2.28. The minimum Gasteiger partial charge on any atom is -0.493 e. The number of hydrogen-bond acceptors (Lipinski definition) is 5. The van der Waals surface area contributed by atoms with Crippen LogP contribution in [0.15, 0.2) is 42.5 Å². The maximum absolute atomic E-state index is 5.88. The van der Waals surface area contributed by atoms with Crippen molar-refractivity contribution in [2.75, 3.05) is 45.4 Å². The van der Waals surface area contributed by atoms with Crippen molar-refractivity contribution in [3.8, 4) is 23.0 Å². The number of ether oxygens (including phenoxy) is 4. The number of morpholine rings is 1. The third kappa shape index (κ3) is 3.68. The monoisotopic (exact) mass is 315 g/mol. The first-order chi connectivity index (χ1) is 11.3. The summed E-state index contributed by atoms with van der Waals surface area (Å²) in [5, 5.41) is 0. The highest BCUT2D eigenvalue weighted by Gasteiger charge is 2.11. The van der Waals surface area contributed by atoms with Crippen molar-refractivity contribution in [1.29, 1.82) is 0 Å². The van der Waals surface area contributed by atoms with E-state index in [0.29, 0.717) is 17.2 Å². The van der Waals surface area contributed by atoms with Crippen molar-refractivity contribution < 1.29 is 18.9 Å². The molecule has 0 aliphatic carbocycles. The van der Waals surface area contributed by atoms with Crippen LogP contribution in [0.5, 0.6) is 23.0 Å². The first kappa shape index (κ1) is 15.5. The van der Waals surface area contributed by atoms with Gasteiger partial charge in [-0.2, -0.15) is 0 Å². The fourth-order valence-electron chi connectivity index (χ4n) is 2.56. The molecule has 0 saturated carbocycles. The van der Waals surface area contributed by atoms with Crippen LogP contribution in [0.1, 0.15) is 0 Å². The maximum atomic E-state index is 5.88. The quantitative estimate of drug-likeness (QED) is 0.846. The molecular weight excluding hydrogens is 294 g/mol. The molecule has 0 atom stereocenters. The van der Waals surface area contributed by atoms with Gasteiger partial charge in [-0.1, -0.05) is 0 Å². The summed E-state index contributed by atoms with van der Waals surface area (Å²) >= 11 is 0. The molecular formula is C18H21NO4. The molecule has 2 aromatic rings. The molecule has 0 unspecified atom stereocenters. The van der Waals surface area contributed by atoms with Crippen molar-refractivity contribution in [1.82, 2.24) is 0 Å². The zero-order chi connectivity index (χ0) is 16.1. The van der Waals surface area contributed by atoms with Crippen LogP contribution < -0.4 is 19.1 Å². The van der Waals surface area contributed by atoms with Crippen LogP contribution >= 0.6 is 0 Å². The second kappa shape index (κ2) is 7.24. The Morgan fingerprint density at radius 1 is 0.826 bits per heavy atom. The summed E-state index contributed by atoms with van der Waals surface area (Å²) in [6.07, 6.45) is 0. The summed E-state index contributed by atoms with van der Waals surface area (Å²) in [5.41, 5.74) is 1.19. The molecule has 1 saturated heterocycles. The van der Waals surface area contributed by atoms with Gasteiger partial charge < -0.3 is 23.8 Å². The average Bonchev–Trinajstić information content (AvgIpc) is 2.63. The Bertz CT molecular complexity index is 636. The molecule has 1 heterocycles. The predicted octanol–water partition coefficient (Wildman–Crippen LogP) is 3.33. The van der Waals surface area contributed by atoms with E-state index < -0.39 is 0 Å². The van der Waals surface area contributed by atoms with E-state index in [1.54, 1.807) is 14.2 Å². The van der Waals surface area contributed by atoms with E-state index in [0.717, 1.165) is 32.1 Å². The molecule has 1 fully saturated rings. The number of anilines is 1. The van der Waals surface area contributed by atoms with E-state index in [9.17, 15) is 0 Å². The molecule has 3 rings (SSSR count). The van der Waals surface area contributed by atoms with Crippen LogP contribution in [0, 0.1) is 0 Å². The summed E-state index contributed by atoms with van der Waals surface area (Å²) < 4.78 is 21.8. The SMILES string of the molecule is COc1ccc(Oc2ccc(N3CCOCC3)cc2)cc1OC. The first-order valence-corrected chi connectivity index (χ1v) is 7.63. The van der Waals surface area contributed by atoms with Gasteiger partial charge in [-0.05, 0) is 36.4 Å². The van der Waals surface area contributed by atoms with Crippen molar-refractivity contribution >= 4 is 5.69 Å². The topological polar surface area (TPSA) is 40.2 Å². The highest BCUT2D eigenvalue weighted by atomic mass is 16.5. The number of hydrogen-bond donors (Lipinski definition) is 0. The summed E-state index contributed by atoms with van der Waals surface area (Å²) in [4.78, 5) is 2.31. The van der Waals surface area contributed by atoms with Crippen LogP contribution in [-0.4, -0.2) is 40.5 Å². The molecule has 1 aliphatic rings. The molecule has 5 heteroatoms. The van der Waals surface area contributed by atoms with E-state index in [4.69, 9.17) is 18.9 Å². The standard InChI is InChI=1S/C18H21NO4/c1-20-17-8-7-16(13-18(17)21-2)23-15-5-3-14(4-6-15)19-9-11-22-12-10-19/h3-8,13H,9-12H2,1-2H3. The van der Waals surface area contributed by atoms with E-state index in [1.807, 2.05) is 30.3 Å². The largest absolute Gasteiger partial charge is 0.493 e. The summed E-state index contributed by atoms with van der Waals surface area (Å²) in [6, 6.07) is 13.6. The highest BCUT2D eigenvalue weighted by Crippen LogP contribution is 2.33. The van der Waals surface area contributed by atoms with Crippen LogP contribution in [-0.2, 0) is 4.74 Å². The maximum Gasteiger partial charge on any atom is 0.164 e. The smallest absolute Gasteiger partial charge is 0.164 e. The van der Waals surface area contributed by atoms with Gasteiger partial charge in [0.2, 0.25) is 0 Å². The second-order valence-corrected chi connectivity index (χ2v) is 5.21. The van der Waals surface area contributed by atoms with Crippen LogP contribution in [0.4, 0.5) is 5.69 Å². The Balaban J connectivity index is 1.70. The third-order valence-electron chi connectivity index (χ3n) is 3.80. The van der Waals surface area contributed by atoms with Crippen molar-refractivity contribution in [3.63, 3.8) is 0 Å². The fraction of sp³-hybridized carbons (Fsp3) is 0.333. The molecule has 0 aromatic heterocycles. The lowest BCUT2D eigenvalue weighted by atomic mass is 10.2. The van der Waals surface area contributed by atoms with Gasteiger partial charge in [-0.15, -0.1) is 0 Å². The van der Waals surface area contributed by atoms with Gasteiger partial charge in [0.25, 0.3) is 0 Å². The van der Waals surface area contributed by atoms with Gasteiger partial charge >= 0.3 is 0 Å². The normalized spacial score (nSPS) is 14.4. The zero-order valence-corrected chi connectivity index (χ0v) is 13.5. The van der Waals surface area contributed by atoms with Crippen LogP contribution in [0.2, 0.25) is 0 Å². The first-order valence-electron chi connectivity index (χ1n) is 7.63. The molecule has 0 amide bonds. The minimum absolute atomic E-state index is 0.648. The molecule has 23 heavy (non-hydrogen) atoms. The van der Waals surface area contributed by atoms with Crippen molar-refractivity contribution in [2.45, 2.75) is 0 Å². The predicted molar refractivity (Wildman–Crippen MR) is 89.1 cm³/mol. The van der Waals surface area contributed by atoms with E-state index in [-0.39, 0.29) is 0 Å². The molecule has 0 spiro atoms. The summed E-state index contributed by atoms with van der Waals surface area (Å²) in [7, 11) is 3.22. The van der Waals surface area contributed by atoms with Crippen molar-refractivity contribution in [3.05, 3.63) is 42.5 Å². The van der Waals surface area contributed by atoms with E-state index in [2.05, 4.69) is 17.0 Å². The Morgan fingerprint density at radius 2 is 1.48 bits per heavy atom. The van der Waals surface area contributed by atoms with E-state index in [1.165, 1.54) is 5.69 Å². The van der Waals surface area contributed by atoms with Gasteiger partial charge in [-0.3, -0.25) is 0 Å². The van der Waals surface area contributed by atoms with E-state index >= 15 is 0 Å². The molecule has 2 aromatic carbocycles. The molecule has 5 nitrogen and oxygen atoms in total. The Morgan fingerprint density at radius 3 is 2.13 bits per heavy atom. The number of rotatable bonds is 5. The Labute approximate surface area is 136 Å². The van der Waals surface area contributed by atoms with Gasteiger partial charge in [0, 0.05) is 24.8 Å². The van der Waals surface area contributed by atoms with Gasteiger partial charge in [0.05, 0.1) is 27.4 Å². The third-order valence-corrected chi connectivity index (χ3v) is 3.80. The lowest BCUT2D eigenvalue weighted by molar-refractivity contribution is 0.122. The fourth-order valence-corrected chi connectivity index (χ4v) is 2.56. The van der Waals surface area contributed by atoms with Gasteiger partial charge in [-0.25, -0.2) is 0 Å². The number of benzene rings is 2. The van der Waals surface area contributed by atoms with Crippen molar-refractivity contribution in [2.24, 2.45) is 0 Å². The molecule has 0 bridgehead atoms. The minimum atomic E-state index is 0.648. The summed E-state index contributed by atoms with van der Waals surface area (Å²) in [5.74, 6) is 2.83. The second-order valence-electron chi connectivity index (χ2n) is 5.21. The number of methoxy groups -OCH3 is 2.